The molecule has 3 rings (SSSR count). The lowest BCUT2D eigenvalue weighted by Gasteiger charge is -2.16. The first-order valence-electron chi connectivity index (χ1n) is 11.2. The minimum Gasteiger partial charge on any atom is -0.480 e. The van der Waals surface area contributed by atoms with E-state index in [1.165, 1.54) is 24.3 Å². The van der Waals surface area contributed by atoms with Crippen LogP contribution in [-0.2, 0) is 29.2 Å². The number of aliphatic carboxylic acids is 2. The number of nitrogen functional groups attached to an aromatic ring is 1. The van der Waals surface area contributed by atoms with Crippen LogP contribution in [0.1, 0.15) is 24.0 Å². The van der Waals surface area contributed by atoms with Crippen molar-refractivity contribution < 1.29 is 51.0 Å². The molecule has 2 aromatic carbocycles. The maximum atomic E-state index is 12.5. The predicted octanol–water partition coefficient (Wildman–Crippen LogP) is 1.80. The number of nitrogens with zero attached hydrogens (tertiary/aromatic N) is 1. The Morgan fingerprint density at radius 1 is 1.12 bits per heavy atom. The number of benzene rings is 2. The summed E-state index contributed by atoms with van der Waals surface area (Å²) in [6.07, 6.45) is -5.37. The Morgan fingerprint density at radius 2 is 1.68 bits per heavy atom. The Labute approximate surface area is 239 Å². The molecule has 13 nitrogen and oxygen atoms in total. The summed E-state index contributed by atoms with van der Waals surface area (Å²) in [4.78, 5) is 37.9. The van der Waals surface area contributed by atoms with Crippen molar-refractivity contribution in [3.05, 3.63) is 64.1 Å². The van der Waals surface area contributed by atoms with Gasteiger partial charge in [0.2, 0.25) is 15.9 Å². The number of amides is 1. The largest absolute Gasteiger partial charge is 0.490 e. The van der Waals surface area contributed by atoms with Crippen molar-refractivity contribution >= 4 is 55.3 Å². The van der Waals surface area contributed by atoms with Gasteiger partial charge in [-0.15, -0.1) is 0 Å². The highest BCUT2D eigenvalue weighted by Crippen LogP contribution is 2.20. The van der Waals surface area contributed by atoms with Gasteiger partial charge in [-0.3, -0.25) is 15.0 Å². The number of amidine groups is 1. The zero-order chi connectivity index (χ0) is 31.0. The highest BCUT2D eigenvalue weighted by atomic mass is 79.9. The number of sulfonamides is 1. The molecule has 0 bridgehead atoms. The number of carboxylic acids is 2. The molecule has 0 fully saturated rings. The number of carboxylic acid groups (broad SMARTS) is 2. The van der Waals surface area contributed by atoms with E-state index in [0.717, 1.165) is 5.56 Å². The average Bonchev–Trinajstić information content (AvgIpc) is 3.34. The predicted molar refractivity (Wildman–Crippen MR) is 141 cm³/mol. The third-order valence-corrected chi connectivity index (χ3v) is 7.16. The van der Waals surface area contributed by atoms with Gasteiger partial charge in [0.15, 0.2) is 0 Å². The third-order valence-electron chi connectivity index (χ3n) is 5.14. The first-order chi connectivity index (χ1) is 19.0. The number of nitrogens with two attached hydrogens (primary N) is 1. The topological polar surface area (TPSA) is 221 Å². The van der Waals surface area contributed by atoms with E-state index in [1.54, 1.807) is 24.3 Å². The van der Waals surface area contributed by atoms with Gasteiger partial charge in [-0.05, 0) is 29.8 Å². The summed E-state index contributed by atoms with van der Waals surface area (Å²) in [5.41, 5.74) is 7.40. The monoisotopic (exact) mass is 665 g/mol. The summed E-state index contributed by atoms with van der Waals surface area (Å²) in [5, 5.41) is 30.4. The number of nitrogens with one attached hydrogen (secondary N) is 3. The quantitative estimate of drug-likeness (QED) is 0.161. The molecule has 1 heterocycles. The highest BCUT2D eigenvalue weighted by molar-refractivity contribution is 9.10. The molecule has 0 saturated heterocycles. The fourth-order valence-electron chi connectivity index (χ4n) is 3.09. The van der Waals surface area contributed by atoms with Gasteiger partial charge in [-0.2, -0.15) is 17.9 Å². The molecule has 0 aliphatic carbocycles. The van der Waals surface area contributed by atoms with Crippen molar-refractivity contribution in [3.8, 4) is 0 Å². The summed E-state index contributed by atoms with van der Waals surface area (Å²) in [7, 11) is -4.11. The Kier molecular flexibility index (Phi) is 11.4. The Morgan fingerprint density at radius 3 is 2.17 bits per heavy atom. The van der Waals surface area contributed by atoms with Crippen molar-refractivity contribution in [2.75, 3.05) is 6.54 Å². The van der Waals surface area contributed by atoms with Gasteiger partial charge in [0.05, 0.1) is 17.0 Å². The lowest BCUT2D eigenvalue weighted by atomic mass is 10.0. The third kappa shape index (κ3) is 10.5. The smallest absolute Gasteiger partial charge is 0.480 e. The lowest BCUT2D eigenvalue weighted by molar-refractivity contribution is -0.192. The van der Waals surface area contributed by atoms with Gasteiger partial charge in [0.25, 0.3) is 0 Å². The van der Waals surface area contributed by atoms with Crippen LogP contribution >= 0.6 is 15.9 Å². The van der Waals surface area contributed by atoms with Gasteiger partial charge >= 0.3 is 18.1 Å². The normalized spacial score (nSPS) is 15.4. The van der Waals surface area contributed by atoms with Crippen LogP contribution in [0.3, 0.4) is 0 Å². The number of hydrogen-bond acceptors (Lipinski definition) is 8. The van der Waals surface area contributed by atoms with Gasteiger partial charge in [-0.25, -0.2) is 13.2 Å². The number of carbonyl (C=O) groups is 3. The minimum atomic E-state index is -5.08. The van der Waals surface area contributed by atoms with Crippen LogP contribution in [0.2, 0.25) is 0 Å². The molecule has 0 saturated carbocycles. The van der Waals surface area contributed by atoms with E-state index < -0.39 is 52.7 Å². The van der Waals surface area contributed by atoms with Crippen LogP contribution in [0.4, 0.5) is 13.2 Å². The molecule has 0 radical (unpaired) electrons. The zero-order valence-electron chi connectivity index (χ0n) is 20.7. The van der Waals surface area contributed by atoms with Crippen molar-refractivity contribution in [1.82, 2.24) is 10.0 Å². The second-order valence-corrected chi connectivity index (χ2v) is 10.9. The summed E-state index contributed by atoms with van der Waals surface area (Å²) in [5.74, 6) is -4.75. The van der Waals surface area contributed by atoms with Gasteiger partial charge in [0.1, 0.15) is 18.0 Å². The molecule has 1 amide bonds. The number of halogens is 4. The van der Waals surface area contributed by atoms with Crippen molar-refractivity contribution in [3.63, 3.8) is 0 Å². The number of oxime groups is 1. The standard InChI is InChI=1S/C21H22BrN5O6S.C2HF3O2/c22-14-5-7-16(8-6-14)34(31,32)27-18(21(29)30)11-25-19(28)10-15-9-17(26-33-15)12-1-3-13(4-2-12)20(23)24;3-2(4,5)1(6)7/h1-8,15,18,27H,9-11H2,(H3,23,24)(H,25,28)(H,29,30);(H,6,7)/t15?,18-;/m0./s1. The van der Waals surface area contributed by atoms with Crippen LogP contribution in [0.25, 0.3) is 0 Å². The molecular formula is C23H23BrF3N5O8S. The van der Waals surface area contributed by atoms with E-state index >= 15 is 0 Å². The number of rotatable bonds is 10. The SMILES string of the molecule is N=C(N)c1ccc(C2=NOC(CC(=O)NC[C@H](NS(=O)(=O)c3ccc(Br)cc3)C(=O)O)C2)cc1.O=C(O)C(F)(F)F. The zero-order valence-corrected chi connectivity index (χ0v) is 23.1. The van der Waals surface area contributed by atoms with Crippen LogP contribution in [-0.4, -0.2) is 72.9 Å². The van der Waals surface area contributed by atoms with E-state index in [1.807, 2.05) is 0 Å². The second kappa shape index (κ2) is 14.0. The molecule has 0 spiro atoms. The molecule has 1 aliphatic rings. The van der Waals surface area contributed by atoms with Crippen LogP contribution in [0.5, 0.6) is 0 Å². The Balaban J connectivity index is 0.000000745. The molecule has 2 atom stereocenters. The van der Waals surface area contributed by atoms with E-state index in [-0.39, 0.29) is 17.2 Å². The molecule has 222 valence electrons. The Hall–Kier alpha value is -4.03. The molecule has 2 aromatic rings. The molecule has 1 unspecified atom stereocenters. The lowest BCUT2D eigenvalue weighted by Crippen LogP contribution is -2.48. The van der Waals surface area contributed by atoms with Crippen LogP contribution in [0.15, 0.2) is 63.1 Å². The maximum absolute atomic E-state index is 12.5. The first-order valence-corrected chi connectivity index (χ1v) is 13.5. The average molecular weight is 666 g/mol. The van der Waals surface area contributed by atoms with Crippen molar-refractivity contribution in [1.29, 1.82) is 5.41 Å². The fourth-order valence-corrected chi connectivity index (χ4v) is 4.55. The number of carbonyl (C=O) groups excluding carboxylic acids is 1. The molecular weight excluding hydrogens is 643 g/mol. The van der Waals surface area contributed by atoms with E-state index in [4.69, 9.17) is 25.9 Å². The Bertz CT molecular complexity index is 1420. The fraction of sp³-hybridized carbons (Fsp3) is 0.261. The van der Waals surface area contributed by atoms with E-state index in [2.05, 4.69) is 31.1 Å². The summed E-state index contributed by atoms with van der Waals surface area (Å²) in [6.45, 7) is -0.448. The summed E-state index contributed by atoms with van der Waals surface area (Å²) < 4.78 is 59.4. The van der Waals surface area contributed by atoms with Crippen molar-refractivity contribution in [2.24, 2.45) is 10.9 Å². The molecule has 18 heteroatoms. The highest BCUT2D eigenvalue weighted by Gasteiger charge is 2.38. The minimum absolute atomic E-state index is 0.0514. The summed E-state index contributed by atoms with van der Waals surface area (Å²) >= 11 is 3.20. The van der Waals surface area contributed by atoms with Crippen LogP contribution in [0, 0.1) is 5.41 Å². The number of alkyl halides is 3. The molecule has 41 heavy (non-hydrogen) atoms. The van der Waals surface area contributed by atoms with E-state index in [9.17, 15) is 36.3 Å². The summed E-state index contributed by atoms with van der Waals surface area (Å²) in [6, 6.07) is 11.0. The van der Waals surface area contributed by atoms with Gasteiger partial charge in [-0.1, -0.05) is 45.4 Å². The number of hydrogen-bond donors (Lipinski definition) is 6. The second-order valence-electron chi connectivity index (χ2n) is 8.24. The van der Waals surface area contributed by atoms with Crippen LogP contribution < -0.4 is 15.8 Å². The van der Waals surface area contributed by atoms with Gasteiger partial charge in [0, 0.05) is 23.0 Å². The molecule has 7 N–H and O–H groups in total. The molecule has 1 aliphatic heterocycles. The van der Waals surface area contributed by atoms with E-state index in [0.29, 0.717) is 22.2 Å². The maximum Gasteiger partial charge on any atom is 0.490 e. The van der Waals surface area contributed by atoms with Crippen molar-refractivity contribution in [2.45, 2.75) is 36.1 Å². The first kappa shape index (κ1) is 33.2. The molecule has 0 aromatic heterocycles. The van der Waals surface area contributed by atoms with Gasteiger partial charge < -0.3 is 26.1 Å².